The highest BCUT2D eigenvalue weighted by atomic mass is 32.1. The van der Waals surface area contributed by atoms with Gasteiger partial charge < -0.3 is 5.11 Å². The van der Waals surface area contributed by atoms with Gasteiger partial charge in [-0.15, -0.1) is 12.6 Å². The molecule has 0 fully saturated rings. The van der Waals surface area contributed by atoms with Gasteiger partial charge in [0.2, 0.25) is 0 Å². The standard InChI is InChI=1S/C10H12OS/c11-9-6-5-7-3-1-2-4-8(7)10(9)12/h5-6,11-12H,1-4H2. The van der Waals surface area contributed by atoms with Crippen LogP contribution >= 0.6 is 12.6 Å². The molecule has 0 saturated heterocycles. The van der Waals surface area contributed by atoms with Crippen molar-refractivity contribution in [1.29, 1.82) is 0 Å². The average Bonchev–Trinajstić information content (AvgIpc) is 2.12. The molecule has 0 atom stereocenters. The first kappa shape index (κ1) is 7.99. The van der Waals surface area contributed by atoms with Crippen LogP contribution in [-0.4, -0.2) is 5.11 Å². The molecule has 0 spiro atoms. The maximum Gasteiger partial charge on any atom is 0.129 e. The summed E-state index contributed by atoms with van der Waals surface area (Å²) in [6.45, 7) is 0. The minimum Gasteiger partial charge on any atom is -0.507 e. The molecule has 0 aliphatic heterocycles. The SMILES string of the molecule is Oc1ccc2c(c1S)CCCC2. The molecule has 0 bridgehead atoms. The normalized spacial score (nSPS) is 15.8. The minimum absolute atomic E-state index is 0.319. The predicted molar refractivity (Wildman–Crippen MR) is 52.0 cm³/mol. The van der Waals surface area contributed by atoms with Crippen molar-refractivity contribution in [3.8, 4) is 5.75 Å². The van der Waals surface area contributed by atoms with Crippen molar-refractivity contribution in [3.05, 3.63) is 23.3 Å². The van der Waals surface area contributed by atoms with Gasteiger partial charge in [-0.05, 0) is 42.9 Å². The Hall–Kier alpha value is -0.630. The zero-order chi connectivity index (χ0) is 8.55. The molecular weight excluding hydrogens is 168 g/mol. The Labute approximate surface area is 77.8 Å². The van der Waals surface area contributed by atoms with E-state index in [0.29, 0.717) is 5.75 Å². The summed E-state index contributed by atoms with van der Waals surface area (Å²) in [6, 6.07) is 3.76. The highest BCUT2D eigenvalue weighted by Crippen LogP contribution is 2.32. The molecule has 2 heteroatoms. The number of hydrogen-bond acceptors (Lipinski definition) is 2. The molecule has 1 aromatic rings. The molecule has 1 N–H and O–H groups in total. The third kappa shape index (κ3) is 1.20. The van der Waals surface area contributed by atoms with E-state index in [1.807, 2.05) is 6.07 Å². The van der Waals surface area contributed by atoms with E-state index < -0.39 is 0 Å². The molecule has 2 rings (SSSR count). The molecule has 0 radical (unpaired) electrons. The summed E-state index contributed by atoms with van der Waals surface area (Å²) >= 11 is 4.30. The second kappa shape index (κ2) is 3.02. The fourth-order valence-corrected chi connectivity index (χ4v) is 2.13. The zero-order valence-electron chi connectivity index (χ0n) is 6.88. The lowest BCUT2D eigenvalue weighted by molar-refractivity contribution is 0.459. The van der Waals surface area contributed by atoms with Gasteiger partial charge in [0, 0.05) is 4.90 Å². The summed E-state index contributed by atoms with van der Waals surface area (Å²) in [7, 11) is 0. The molecule has 12 heavy (non-hydrogen) atoms. The van der Waals surface area contributed by atoms with Gasteiger partial charge in [-0.25, -0.2) is 0 Å². The van der Waals surface area contributed by atoms with E-state index in [1.54, 1.807) is 6.07 Å². The van der Waals surface area contributed by atoms with Gasteiger partial charge in [-0.2, -0.15) is 0 Å². The second-order valence-corrected chi connectivity index (χ2v) is 3.73. The summed E-state index contributed by atoms with van der Waals surface area (Å²) < 4.78 is 0. The van der Waals surface area contributed by atoms with E-state index in [4.69, 9.17) is 0 Å². The van der Waals surface area contributed by atoms with Gasteiger partial charge >= 0.3 is 0 Å². The van der Waals surface area contributed by atoms with Crippen LogP contribution < -0.4 is 0 Å². The second-order valence-electron chi connectivity index (χ2n) is 3.28. The van der Waals surface area contributed by atoms with E-state index in [-0.39, 0.29) is 0 Å². The van der Waals surface area contributed by atoms with Crippen LogP contribution in [0, 0.1) is 0 Å². The lowest BCUT2D eigenvalue weighted by Gasteiger charge is -2.17. The van der Waals surface area contributed by atoms with Crippen LogP contribution in [0.15, 0.2) is 17.0 Å². The zero-order valence-corrected chi connectivity index (χ0v) is 7.77. The number of aromatic hydroxyl groups is 1. The quantitative estimate of drug-likeness (QED) is 0.588. The summed E-state index contributed by atoms with van der Waals surface area (Å²) in [5.74, 6) is 0.319. The number of benzene rings is 1. The van der Waals surface area contributed by atoms with Crippen LogP contribution in [0.4, 0.5) is 0 Å². The number of fused-ring (bicyclic) bond motifs is 1. The predicted octanol–water partition coefficient (Wildman–Crippen LogP) is 2.56. The van der Waals surface area contributed by atoms with E-state index in [1.165, 1.54) is 24.0 Å². The molecule has 0 saturated carbocycles. The molecule has 1 nitrogen and oxygen atoms in total. The highest BCUT2D eigenvalue weighted by molar-refractivity contribution is 7.80. The maximum atomic E-state index is 9.40. The summed E-state index contributed by atoms with van der Waals surface area (Å²) in [6.07, 6.45) is 4.71. The van der Waals surface area contributed by atoms with Crippen LogP contribution in [0.5, 0.6) is 5.75 Å². The largest absolute Gasteiger partial charge is 0.507 e. The first-order chi connectivity index (χ1) is 5.79. The lowest BCUT2D eigenvalue weighted by atomic mass is 9.91. The van der Waals surface area contributed by atoms with E-state index in [2.05, 4.69) is 12.6 Å². The molecule has 1 aromatic carbocycles. The van der Waals surface area contributed by atoms with Crippen molar-refractivity contribution in [3.63, 3.8) is 0 Å². The van der Waals surface area contributed by atoms with Crippen LogP contribution in [0.1, 0.15) is 24.0 Å². The lowest BCUT2D eigenvalue weighted by Crippen LogP contribution is -2.03. The van der Waals surface area contributed by atoms with Gasteiger partial charge in [0.1, 0.15) is 5.75 Å². The van der Waals surface area contributed by atoms with Crippen molar-refractivity contribution < 1.29 is 5.11 Å². The molecule has 0 unspecified atom stereocenters. The van der Waals surface area contributed by atoms with Crippen LogP contribution in [-0.2, 0) is 12.8 Å². The Morgan fingerprint density at radius 1 is 1.17 bits per heavy atom. The van der Waals surface area contributed by atoms with Crippen LogP contribution in [0.25, 0.3) is 0 Å². The highest BCUT2D eigenvalue weighted by Gasteiger charge is 2.13. The molecule has 0 heterocycles. The minimum atomic E-state index is 0.319. The fourth-order valence-electron chi connectivity index (χ4n) is 1.80. The third-order valence-electron chi connectivity index (χ3n) is 2.48. The molecule has 0 amide bonds. The van der Waals surface area contributed by atoms with Crippen LogP contribution in [0.2, 0.25) is 0 Å². The van der Waals surface area contributed by atoms with Gasteiger partial charge in [-0.1, -0.05) is 6.07 Å². The van der Waals surface area contributed by atoms with Crippen LogP contribution in [0.3, 0.4) is 0 Å². The van der Waals surface area contributed by atoms with Gasteiger partial charge in [0.05, 0.1) is 0 Å². The first-order valence-corrected chi connectivity index (χ1v) is 4.76. The Morgan fingerprint density at radius 3 is 2.75 bits per heavy atom. The van der Waals surface area contributed by atoms with E-state index in [0.717, 1.165) is 17.7 Å². The van der Waals surface area contributed by atoms with Crippen molar-refractivity contribution in [2.45, 2.75) is 30.6 Å². The number of phenols is 1. The van der Waals surface area contributed by atoms with Crippen molar-refractivity contribution in [2.24, 2.45) is 0 Å². The van der Waals surface area contributed by atoms with Crippen molar-refractivity contribution in [1.82, 2.24) is 0 Å². The maximum absolute atomic E-state index is 9.40. The van der Waals surface area contributed by atoms with Gasteiger partial charge in [0.25, 0.3) is 0 Å². The molecule has 64 valence electrons. The van der Waals surface area contributed by atoms with Crippen molar-refractivity contribution in [2.75, 3.05) is 0 Å². The third-order valence-corrected chi connectivity index (χ3v) is 2.98. The summed E-state index contributed by atoms with van der Waals surface area (Å²) in [4.78, 5) is 0.784. The number of thiol groups is 1. The van der Waals surface area contributed by atoms with Gasteiger partial charge in [0.15, 0.2) is 0 Å². The van der Waals surface area contributed by atoms with E-state index >= 15 is 0 Å². The fraction of sp³-hybridized carbons (Fsp3) is 0.400. The monoisotopic (exact) mass is 180 g/mol. The number of hydrogen-bond donors (Lipinski definition) is 2. The molecule has 0 aromatic heterocycles. The number of aryl methyl sites for hydroxylation is 1. The van der Waals surface area contributed by atoms with Crippen molar-refractivity contribution >= 4 is 12.6 Å². The Kier molecular flexibility index (Phi) is 2.01. The Bertz CT molecular complexity index is 307. The molecular formula is C10H12OS. The average molecular weight is 180 g/mol. The smallest absolute Gasteiger partial charge is 0.129 e. The number of rotatable bonds is 0. The molecule has 1 aliphatic rings. The molecule has 1 aliphatic carbocycles. The van der Waals surface area contributed by atoms with E-state index in [9.17, 15) is 5.11 Å². The summed E-state index contributed by atoms with van der Waals surface area (Å²) in [5.41, 5.74) is 2.62. The summed E-state index contributed by atoms with van der Waals surface area (Å²) in [5, 5.41) is 9.40. The topological polar surface area (TPSA) is 20.2 Å². The number of phenolic OH excluding ortho intramolecular Hbond substituents is 1. The van der Waals surface area contributed by atoms with Gasteiger partial charge in [-0.3, -0.25) is 0 Å². The Balaban J connectivity index is 2.54. The first-order valence-electron chi connectivity index (χ1n) is 4.32. The Morgan fingerprint density at radius 2 is 1.92 bits per heavy atom.